The van der Waals surface area contributed by atoms with E-state index in [0.717, 1.165) is 16.5 Å². The SMILES string of the molecule is CC(=O)N(Cc1ccc(Cl)cc1)Cc1ccc2cc(O)c(C(=O)O)cc2c1. The molecule has 3 aromatic carbocycles. The number of carboxylic acid groups (broad SMARTS) is 1. The first-order valence-electron chi connectivity index (χ1n) is 8.32. The van der Waals surface area contributed by atoms with Gasteiger partial charge < -0.3 is 15.1 Å². The van der Waals surface area contributed by atoms with Gasteiger partial charge in [-0.15, -0.1) is 0 Å². The van der Waals surface area contributed by atoms with Gasteiger partial charge in [0.15, 0.2) is 0 Å². The van der Waals surface area contributed by atoms with Crippen molar-refractivity contribution in [2.75, 3.05) is 0 Å². The van der Waals surface area contributed by atoms with E-state index in [4.69, 9.17) is 11.6 Å². The number of fused-ring (bicyclic) bond motifs is 1. The normalized spacial score (nSPS) is 10.7. The van der Waals surface area contributed by atoms with E-state index in [-0.39, 0.29) is 17.2 Å². The van der Waals surface area contributed by atoms with Crippen LogP contribution in [0.2, 0.25) is 5.02 Å². The summed E-state index contributed by atoms with van der Waals surface area (Å²) < 4.78 is 0. The maximum absolute atomic E-state index is 12.1. The Labute approximate surface area is 161 Å². The number of hydrogen-bond acceptors (Lipinski definition) is 3. The van der Waals surface area contributed by atoms with E-state index in [1.807, 2.05) is 24.3 Å². The highest BCUT2D eigenvalue weighted by Crippen LogP contribution is 2.26. The van der Waals surface area contributed by atoms with Crippen molar-refractivity contribution in [2.24, 2.45) is 0 Å². The van der Waals surface area contributed by atoms with Gasteiger partial charge in [-0.2, -0.15) is 0 Å². The summed E-state index contributed by atoms with van der Waals surface area (Å²) in [5.74, 6) is -1.52. The molecule has 3 aromatic rings. The summed E-state index contributed by atoms with van der Waals surface area (Å²) in [7, 11) is 0. The van der Waals surface area contributed by atoms with Crippen LogP contribution in [0, 0.1) is 0 Å². The fourth-order valence-electron chi connectivity index (χ4n) is 2.91. The molecule has 138 valence electrons. The van der Waals surface area contributed by atoms with Gasteiger partial charge in [0.05, 0.1) is 0 Å². The smallest absolute Gasteiger partial charge is 0.339 e. The molecule has 27 heavy (non-hydrogen) atoms. The first kappa shape index (κ1) is 18.7. The zero-order chi connectivity index (χ0) is 19.6. The van der Waals surface area contributed by atoms with Crippen molar-refractivity contribution in [3.63, 3.8) is 0 Å². The predicted octanol–water partition coefficient (Wildman–Crippen LogP) is 4.45. The van der Waals surface area contributed by atoms with Crippen molar-refractivity contribution in [3.05, 3.63) is 76.3 Å². The topological polar surface area (TPSA) is 77.8 Å². The van der Waals surface area contributed by atoms with E-state index < -0.39 is 5.97 Å². The number of phenols is 1. The van der Waals surface area contributed by atoms with Crippen LogP contribution in [-0.2, 0) is 17.9 Å². The van der Waals surface area contributed by atoms with E-state index in [0.29, 0.717) is 23.5 Å². The molecule has 6 heteroatoms. The Morgan fingerprint density at radius 1 is 0.926 bits per heavy atom. The van der Waals surface area contributed by atoms with Gasteiger partial charge in [-0.1, -0.05) is 35.9 Å². The molecule has 2 N–H and O–H groups in total. The number of carbonyl (C=O) groups excluding carboxylic acids is 1. The first-order valence-corrected chi connectivity index (χ1v) is 8.70. The molecular weight excluding hydrogens is 366 g/mol. The standard InChI is InChI=1S/C21H18ClNO4/c1-13(24)23(11-14-3-6-18(22)7-4-14)12-15-2-5-16-10-20(25)19(21(26)27)9-17(16)8-15/h2-10,25H,11-12H2,1H3,(H,26,27). The second-order valence-corrected chi connectivity index (χ2v) is 6.79. The third-order valence-electron chi connectivity index (χ3n) is 4.36. The van der Waals surface area contributed by atoms with Crippen molar-refractivity contribution in [2.45, 2.75) is 20.0 Å². The molecule has 0 aliphatic heterocycles. The number of aromatic hydroxyl groups is 1. The second kappa shape index (κ2) is 7.68. The lowest BCUT2D eigenvalue weighted by Gasteiger charge is -2.21. The molecule has 0 heterocycles. The summed E-state index contributed by atoms with van der Waals surface area (Å²) >= 11 is 5.90. The van der Waals surface area contributed by atoms with Gasteiger partial charge in [0.25, 0.3) is 0 Å². The lowest BCUT2D eigenvalue weighted by atomic mass is 10.0. The van der Waals surface area contributed by atoms with Crippen LogP contribution in [0.4, 0.5) is 0 Å². The molecule has 0 radical (unpaired) electrons. The molecule has 0 fully saturated rings. The molecule has 0 aromatic heterocycles. The summed E-state index contributed by atoms with van der Waals surface area (Å²) in [6.45, 7) is 2.34. The van der Waals surface area contributed by atoms with E-state index in [1.165, 1.54) is 19.1 Å². The highest BCUT2D eigenvalue weighted by Gasteiger charge is 2.13. The summed E-state index contributed by atoms with van der Waals surface area (Å²) in [6.07, 6.45) is 0. The molecule has 1 amide bonds. The Morgan fingerprint density at radius 2 is 1.56 bits per heavy atom. The molecule has 0 bridgehead atoms. The van der Waals surface area contributed by atoms with Crippen LogP contribution in [-0.4, -0.2) is 27.0 Å². The van der Waals surface area contributed by atoms with Crippen LogP contribution in [0.15, 0.2) is 54.6 Å². The monoisotopic (exact) mass is 383 g/mol. The van der Waals surface area contributed by atoms with Gasteiger partial charge in [-0.3, -0.25) is 4.79 Å². The van der Waals surface area contributed by atoms with Gasteiger partial charge in [0.2, 0.25) is 5.91 Å². The maximum Gasteiger partial charge on any atom is 0.339 e. The minimum absolute atomic E-state index is 0.0676. The third-order valence-corrected chi connectivity index (χ3v) is 4.61. The number of halogens is 1. The molecular formula is C21H18ClNO4. The fourth-order valence-corrected chi connectivity index (χ4v) is 3.04. The summed E-state index contributed by atoms with van der Waals surface area (Å²) in [6, 6.07) is 15.7. The molecule has 0 saturated carbocycles. The van der Waals surface area contributed by atoms with E-state index in [9.17, 15) is 19.8 Å². The van der Waals surface area contributed by atoms with Crippen molar-refractivity contribution in [3.8, 4) is 5.75 Å². The van der Waals surface area contributed by atoms with E-state index in [1.54, 1.807) is 23.1 Å². The zero-order valence-corrected chi connectivity index (χ0v) is 15.4. The number of rotatable bonds is 5. The molecule has 0 saturated heterocycles. The van der Waals surface area contributed by atoms with E-state index >= 15 is 0 Å². The molecule has 0 aliphatic rings. The zero-order valence-electron chi connectivity index (χ0n) is 14.6. The largest absolute Gasteiger partial charge is 0.507 e. The van der Waals surface area contributed by atoms with Crippen LogP contribution in [0.25, 0.3) is 10.8 Å². The molecule has 0 spiro atoms. The highest BCUT2D eigenvalue weighted by atomic mass is 35.5. The van der Waals surface area contributed by atoms with Crippen LogP contribution in [0.1, 0.15) is 28.4 Å². The fraction of sp³-hybridized carbons (Fsp3) is 0.143. The predicted molar refractivity (Wildman–Crippen MR) is 104 cm³/mol. The Hall–Kier alpha value is -3.05. The lowest BCUT2D eigenvalue weighted by molar-refractivity contribution is -0.130. The number of amides is 1. The Bertz CT molecular complexity index is 1010. The van der Waals surface area contributed by atoms with Gasteiger partial charge in [0, 0.05) is 25.0 Å². The lowest BCUT2D eigenvalue weighted by Crippen LogP contribution is -2.27. The molecule has 0 unspecified atom stereocenters. The minimum atomic E-state index is -1.19. The number of carbonyl (C=O) groups is 2. The summed E-state index contributed by atoms with van der Waals surface area (Å²) in [4.78, 5) is 25.0. The van der Waals surface area contributed by atoms with Crippen LogP contribution in [0.5, 0.6) is 5.75 Å². The average molecular weight is 384 g/mol. The number of aromatic carboxylic acids is 1. The molecule has 5 nitrogen and oxygen atoms in total. The van der Waals surface area contributed by atoms with E-state index in [2.05, 4.69) is 0 Å². The van der Waals surface area contributed by atoms with Gasteiger partial charge in [-0.25, -0.2) is 4.79 Å². The van der Waals surface area contributed by atoms with Gasteiger partial charge >= 0.3 is 5.97 Å². The Balaban J connectivity index is 1.88. The summed E-state index contributed by atoms with van der Waals surface area (Å²) in [5.41, 5.74) is 1.69. The maximum atomic E-state index is 12.1. The van der Waals surface area contributed by atoms with Crippen molar-refractivity contribution < 1.29 is 19.8 Å². The van der Waals surface area contributed by atoms with Crippen molar-refractivity contribution in [1.29, 1.82) is 0 Å². The summed E-state index contributed by atoms with van der Waals surface area (Å²) in [5, 5.41) is 21.0. The third kappa shape index (κ3) is 4.38. The quantitative estimate of drug-likeness (QED) is 0.682. The van der Waals surface area contributed by atoms with Crippen LogP contribution >= 0.6 is 11.6 Å². The minimum Gasteiger partial charge on any atom is -0.507 e. The van der Waals surface area contributed by atoms with Crippen molar-refractivity contribution >= 4 is 34.2 Å². The number of benzene rings is 3. The Kier molecular flexibility index (Phi) is 5.33. The molecule has 3 rings (SSSR count). The number of nitrogens with zero attached hydrogens (tertiary/aromatic N) is 1. The average Bonchev–Trinajstić information content (AvgIpc) is 2.62. The van der Waals surface area contributed by atoms with Crippen molar-refractivity contribution in [1.82, 2.24) is 4.90 Å². The highest BCUT2D eigenvalue weighted by molar-refractivity contribution is 6.30. The molecule has 0 atom stereocenters. The second-order valence-electron chi connectivity index (χ2n) is 6.36. The first-order chi connectivity index (χ1) is 12.8. The van der Waals surface area contributed by atoms with Crippen LogP contribution in [0.3, 0.4) is 0 Å². The van der Waals surface area contributed by atoms with Gasteiger partial charge in [-0.05, 0) is 52.2 Å². The Morgan fingerprint density at radius 3 is 2.19 bits per heavy atom. The number of carboxylic acids is 1. The van der Waals surface area contributed by atoms with Gasteiger partial charge in [0.1, 0.15) is 11.3 Å². The number of hydrogen-bond donors (Lipinski definition) is 2. The van der Waals surface area contributed by atoms with Crippen LogP contribution < -0.4 is 0 Å². The molecule has 0 aliphatic carbocycles.